The zero-order valence-electron chi connectivity index (χ0n) is 20.2. The normalized spacial score (nSPS) is 19.0. The molecule has 182 valence electrons. The zero-order chi connectivity index (χ0) is 21.9. The predicted molar refractivity (Wildman–Crippen MR) is 144 cm³/mol. The van der Waals surface area contributed by atoms with Crippen molar-refractivity contribution in [2.75, 3.05) is 64.4 Å². The number of hydrogen-bond donors (Lipinski definition) is 2. The lowest BCUT2D eigenvalue weighted by Crippen LogP contribution is -2.45. The molecule has 0 unspecified atom stereocenters. The molecule has 0 atom stereocenters. The summed E-state index contributed by atoms with van der Waals surface area (Å²) >= 11 is 0. The third kappa shape index (κ3) is 8.02. The first-order valence-corrected chi connectivity index (χ1v) is 12.1. The summed E-state index contributed by atoms with van der Waals surface area (Å²) in [6.45, 7) is 12.5. The van der Waals surface area contributed by atoms with Crippen LogP contribution in [0.25, 0.3) is 0 Å². The third-order valence-corrected chi connectivity index (χ3v) is 6.70. The Labute approximate surface area is 211 Å². The largest absolute Gasteiger partial charge is 0.382 e. The number of piperazine rings is 1. The van der Waals surface area contributed by atoms with E-state index in [1.165, 1.54) is 31.2 Å². The second-order valence-corrected chi connectivity index (χ2v) is 8.98. The fourth-order valence-electron chi connectivity index (χ4n) is 4.71. The molecule has 0 radical (unpaired) electrons. The molecule has 1 aromatic rings. The van der Waals surface area contributed by atoms with Crippen LogP contribution in [0, 0.1) is 5.41 Å². The lowest BCUT2D eigenvalue weighted by molar-refractivity contribution is 0.105. The number of anilines is 1. The molecular formula is C24H43IN6O. The number of nitrogens with zero attached hydrogens (tertiary/aromatic N) is 4. The molecule has 1 aliphatic carbocycles. The molecule has 0 bridgehead atoms. The third-order valence-electron chi connectivity index (χ3n) is 6.70. The summed E-state index contributed by atoms with van der Waals surface area (Å²) in [5.74, 6) is 1.98. The number of rotatable bonds is 10. The van der Waals surface area contributed by atoms with Gasteiger partial charge in [0.15, 0.2) is 5.96 Å². The molecule has 0 spiro atoms. The summed E-state index contributed by atoms with van der Waals surface area (Å²) in [4.78, 5) is 14.4. The Hall–Kier alpha value is -1.13. The van der Waals surface area contributed by atoms with Gasteiger partial charge in [-0.3, -0.25) is 0 Å². The van der Waals surface area contributed by atoms with E-state index in [4.69, 9.17) is 14.7 Å². The molecule has 3 rings (SSSR count). The Morgan fingerprint density at radius 3 is 2.59 bits per heavy atom. The molecule has 0 amide bonds. The first-order chi connectivity index (χ1) is 15.2. The summed E-state index contributed by atoms with van der Waals surface area (Å²) in [6, 6.07) is 4.18. The molecule has 2 heterocycles. The number of hydrogen-bond acceptors (Lipinski definition) is 5. The predicted octanol–water partition coefficient (Wildman–Crippen LogP) is 3.49. The molecule has 1 saturated carbocycles. The van der Waals surface area contributed by atoms with Crippen LogP contribution in [0.5, 0.6) is 0 Å². The van der Waals surface area contributed by atoms with Crippen molar-refractivity contribution in [3.8, 4) is 0 Å². The highest BCUT2D eigenvalue weighted by atomic mass is 127. The Bertz CT molecular complexity index is 687. The quantitative estimate of drug-likeness (QED) is 0.199. The second kappa shape index (κ2) is 14.2. The minimum Gasteiger partial charge on any atom is -0.382 e. The van der Waals surface area contributed by atoms with E-state index < -0.39 is 0 Å². The average molecular weight is 559 g/mol. The molecule has 1 aliphatic heterocycles. The number of nitrogens with one attached hydrogen (secondary N) is 2. The van der Waals surface area contributed by atoms with Crippen molar-refractivity contribution in [3.63, 3.8) is 0 Å². The van der Waals surface area contributed by atoms with Crippen LogP contribution < -0.4 is 15.5 Å². The molecule has 7 nitrogen and oxygen atoms in total. The van der Waals surface area contributed by atoms with Gasteiger partial charge in [-0.1, -0.05) is 18.9 Å². The van der Waals surface area contributed by atoms with Crippen LogP contribution in [-0.2, 0) is 11.3 Å². The maximum Gasteiger partial charge on any atom is 0.191 e. The summed E-state index contributed by atoms with van der Waals surface area (Å²) in [6.07, 6.45) is 8.23. The van der Waals surface area contributed by atoms with Gasteiger partial charge in [-0.25, -0.2) is 9.98 Å². The van der Waals surface area contributed by atoms with Crippen LogP contribution in [-0.4, -0.2) is 75.4 Å². The van der Waals surface area contributed by atoms with Gasteiger partial charge in [-0.2, -0.15) is 0 Å². The van der Waals surface area contributed by atoms with E-state index in [0.29, 0.717) is 12.0 Å². The summed E-state index contributed by atoms with van der Waals surface area (Å²) < 4.78 is 5.67. The fourth-order valence-corrected chi connectivity index (χ4v) is 4.71. The number of halogens is 1. The standard InChI is InChI=1S/C24H42N6O.HI/c1-4-25-23(28-20-24(10-6-7-11-24)12-18-31-5-2)27-19-21-9-8-13-26-22(21)30-16-14-29(3)15-17-30;/h8-9,13H,4-7,10-12,14-20H2,1-3H3,(H2,25,27,28);1H. The van der Waals surface area contributed by atoms with E-state index in [1.54, 1.807) is 0 Å². The molecule has 32 heavy (non-hydrogen) atoms. The number of likely N-dealkylation sites (N-methyl/N-ethyl adjacent to an activating group) is 1. The zero-order valence-corrected chi connectivity index (χ0v) is 22.6. The molecule has 1 saturated heterocycles. The van der Waals surface area contributed by atoms with Gasteiger partial charge >= 0.3 is 0 Å². The highest BCUT2D eigenvalue weighted by molar-refractivity contribution is 14.0. The minimum absolute atomic E-state index is 0. The van der Waals surface area contributed by atoms with Gasteiger partial charge in [0, 0.05) is 64.2 Å². The highest BCUT2D eigenvalue weighted by Gasteiger charge is 2.33. The van der Waals surface area contributed by atoms with Crippen molar-refractivity contribution in [2.45, 2.75) is 52.5 Å². The van der Waals surface area contributed by atoms with Crippen molar-refractivity contribution in [2.24, 2.45) is 10.4 Å². The van der Waals surface area contributed by atoms with E-state index >= 15 is 0 Å². The van der Waals surface area contributed by atoms with Crippen LogP contribution in [0.15, 0.2) is 23.3 Å². The molecule has 0 aromatic carbocycles. The second-order valence-electron chi connectivity index (χ2n) is 8.98. The Morgan fingerprint density at radius 1 is 1.16 bits per heavy atom. The van der Waals surface area contributed by atoms with E-state index in [2.05, 4.69) is 47.4 Å². The van der Waals surface area contributed by atoms with Gasteiger partial charge in [-0.05, 0) is 51.6 Å². The Balaban J connectivity index is 0.00000363. The lowest BCUT2D eigenvalue weighted by atomic mass is 9.83. The smallest absolute Gasteiger partial charge is 0.191 e. The Kier molecular flexibility index (Phi) is 12.0. The number of ether oxygens (including phenoxy) is 1. The van der Waals surface area contributed by atoms with Crippen LogP contribution in [0.3, 0.4) is 0 Å². The van der Waals surface area contributed by atoms with Crippen molar-refractivity contribution in [1.29, 1.82) is 0 Å². The van der Waals surface area contributed by atoms with Crippen LogP contribution >= 0.6 is 24.0 Å². The van der Waals surface area contributed by atoms with E-state index in [1.807, 2.05) is 12.3 Å². The van der Waals surface area contributed by atoms with Gasteiger partial charge < -0.3 is 25.2 Å². The number of pyridine rings is 1. The summed E-state index contributed by atoms with van der Waals surface area (Å²) in [7, 11) is 2.18. The minimum atomic E-state index is 0. The lowest BCUT2D eigenvalue weighted by Gasteiger charge is -2.34. The van der Waals surface area contributed by atoms with Crippen LogP contribution in [0.1, 0.15) is 51.5 Å². The van der Waals surface area contributed by atoms with Crippen molar-refractivity contribution in [1.82, 2.24) is 20.5 Å². The van der Waals surface area contributed by atoms with Gasteiger partial charge in [0.2, 0.25) is 0 Å². The van der Waals surface area contributed by atoms with E-state index in [9.17, 15) is 0 Å². The van der Waals surface area contributed by atoms with E-state index in [0.717, 1.165) is 70.7 Å². The first-order valence-electron chi connectivity index (χ1n) is 12.1. The number of aliphatic imine (C=N–C) groups is 1. The average Bonchev–Trinajstić information content (AvgIpc) is 3.26. The molecule has 2 aliphatic rings. The van der Waals surface area contributed by atoms with Crippen LogP contribution in [0.2, 0.25) is 0 Å². The van der Waals surface area contributed by atoms with Crippen molar-refractivity contribution < 1.29 is 4.74 Å². The molecule has 1 aromatic heterocycles. The molecule has 8 heteroatoms. The first kappa shape index (κ1) is 27.1. The monoisotopic (exact) mass is 558 g/mol. The highest BCUT2D eigenvalue weighted by Crippen LogP contribution is 2.40. The number of guanidine groups is 1. The fraction of sp³-hybridized carbons (Fsp3) is 0.750. The van der Waals surface area contributed by atoms with Gasteiger partial charge in [-0.15, -0.1) is 24.0 Å². The van der Waals surface area contributed by atoms with Gasteiger partial charge in [0.1, 0.15) is 5.82 Å². The van der Waals surface area contributed by atoms with Crippen LogP contribution in [0.4, 0.5) is 5.82 Å². The van der Waals surface area contributed by atoms with Gasteiger partial charge in [0.05, 0.1) is 6.54 Å². The van der Waals surface area contributed by atoms with Gasteiger partial charge in [0.25, 0.3) is 0 Å². The summed E-state index contributed by atoms with van der Waals surface area (Å²) in [5, 5.41) is 7.08. The number of aromatic nitrogens is 1. The maximum atomic E-state index is 5.67. The SMILES string of the molecule is CCNC(=NCc1cccnc1N1CCN(C)CC1)NCC1(CCOCC)CCCC1.I. The van der Waals surface area contributed by atoms with Crippen molar-refractivity contribution in [3.05, 3.63) is 23.9 Å². The summed E-state index contributed by atoms with van der Waals surface area (Å²) in [5.41, 5.74) is 1.53. The van der Waals surface area contributed by atoms with Crippen molar-refractivity contribution >= 4 is 35.8 Å². The van der Waals surface area contributed by atoms with E-state index in [-0.39, 0.29) is 24.0 Å². The topological polar surface area (TPSA) is 65.0 Å². The molecule has 2 fully saturated rings. The maximum absolute atomic E-state index is 5.67. The molecule has 2 N–H and O–H groups in total. The Morgan fingerprint density at radius 2 is 1.91 bits per heavy atom. The molecular weight excluding hydrogens is 515 g/mol.